The van der Waals surface area contributed by atoms with E-state index in [9.17, 15) is 4.79 Å². The molecule has 2 N–H and O–H groups in total. The van der Waals surface area contributed by atoms with Gasteiger partial charge in [0.15, 0.2) is 10.8 Å². The highest BCUT2D eigenvalue weighted by Gasteiger charge is 2.18. The number of carbonyl (C=O) groups is 1. The van der Waals surface area contributed by atoms with Gasteiger partial charge in [-0.15, -0.1) is 22.7 Å². The summed E-state index contributed by atoms with van der Waals surface area (Å²) in [5.74, 6) is -0.341. The monoisotopic (exact) mass is 384 g/mol. The van der Waals surface area contributed by atoms with Crippen molar-refractivity contribution in [2.75, 3.05) is 10.6 Å². The third-order valence-electron chi connectivity index (χ3n) is 2.82. The summed E-state index contributed by atoms with van der Waals surface area (Å²) in [5, 5.41) is 9.68. The second kappa shape index (κ2) is 6.84. The van der Waals surface area contributed by atoms with E-state index in [2.05, 4.69) is 20.6 Å². The predicted molar refractivity (Wildman–Crippen MR) is 96.7 cm³/mol. The van der Waals surface area contributed by atoms with Crippen LogP contribution in [0.25, 0.3) is 0 Å². The predicted octanol–water partition coefficient (Wildman–Crippen LogP) is 5.21. The zero-order chi connectivity index (χ0) is 16.4. The van der Waals surface area contributed by atoms with Crippen LogP contribution in [0.2, 0.25) is 10.0 Å². The first kappa shape index (κ1) is 16.2. The molecule has 0 fully saturated rings. The van der Waals surface area contributed by atoms with E-state index in [-0.39, 0.29) is 11.6 Å². The molecule has 2 aromatic heterocycles. The van der Waals surface area contributed by atoms with Crippen molar-refractivity contribution in [2.24, 2.45) is 0 Å². The molecule has 0 bridgehead atoms. The summed E-state index contributed by atoms with van der Waals surface area (Å²) in [6, 6.07) is 5.19. The van der Waals surface area contributed by atoms with E-state index in [1.54, 1.807) is 23.7 Å². The standard InChI is InChI=1S/C14H10Cl2N4OS2/c1-7-5-22-14(18-7)20-12(21)11-13(23-6-17-11)19-10-8(15)3-2-4-9(10)16/h2-6,19H,1H3,(H,18,20,21). The molecule has 0 radical (unpaired) electrons. The molecule has 0 aliphatic rings. The number of aryl methyl sites for hydroxylation is 1. The lowest BCUT2D eigenvalue weighted by Crippen LogP contribution is -2.13. The molecule has 5 nitrogen and oxygen atoms in total. The van der Waals surface area contributed by atoms with Crippen molar-refractivity contribution in [3.8, 4) is 0 Å². The van der Waals surface area contributed by atoms with E-state index >= 15 is 0 Å². The van der Waals surface area contributed by atoms with Gasteiger partial charge in [0, 0.05) is 5.38 Å². The minimum atomic E-state index is -0.341. The molecule has 0 aliphatic heterocycles. The molecule has 0 aliphatic carbocycles. The van der Waals surface area contributed by atoms with Crippen LogP contribution in [0.5, 0.6) is 0 Å². The first-order chi connectivity index (χ1) is 11.0. The van der Waals surface area contributed by atoms with E-state index in [1.807, 2.05) is 12.3 Å². The number of halogens is 2. The van der Waals surface area contributed by atoms with Crippen LogP contribution in [-0.2, 0) is 0 Å². The van der Waals surface area contributed by atoms with Crippen LogP contribution in [0.15, 0.2) is 29.1 Å². The molecule has 9 heteroatoms. The highest BCUT2D eigenvalue weighted by molar-refractivity contribution is 7.14. The molecule has 2 heterocycles. The van der Waals surface area contributed by atoms with Crippen LogP contribution in [0.4, 0.5) is 15.8 Å². The Kier molecular flexibility index (Phi) is 4.82. The molecule has 3 aromatic rings. The van der Waals surface area contributed by atoms with E-state index < -0.39 is 0 Å². The number of amides is 1. The van der Waals surface area contributed by atoms with Gasteiger partial charge in [-0.05, 0) is 19.1 Å². The third kappa shape index (κ3) is 3.64. The van der Waals surface area contributed by atoms with Gasteiger partial charge in [-0.1, -0.05) is 29.3 Å². The Labute approximate surface area is 150 Å². The van der Waals surface area contributed by atoms with Gasteiger partial charge >= 0.3 is 0 Å². The van der Waals surface area contributed by atoms with Crippen molar-refractivity contribution in [3.63, 3.8) is 0 Å². The van der Waals surface area contributed by atoms with Crippen molar-refractivity contribution >= 4 is 67.6 Å². The molecular weight excluding hydrogens is 375 g/mol. The average Bonchev–Trinajstić information content (AvgIpc) is 3.12. The number of hydrogen-bond acceptors (Lipinski definition) is 6. The number of hydrogen-bond donors (Lipinski definition) is 2. The summed E-state index contributed by atoms with van der Waals surface area (Å²) >= 11 is 14.9. The second-order valence-corrected chi connectivity index (χ2v) is 7.03. The van der Waals surface area contributed by atoms with Crippen molar-refractivity contribution in [2.45, 2.75) is 6.92 Å². The molecule has 0 atom stereocenters. The summed E-state index contributed by atoms with van der Waals surface area (Å²) in [5.41, 5.74) is 3.23. The maximum atomic E-state index is 12.4. The van der Waals surface area contributed by atoms with E-state index in [0.29, 0.717) is 25.9 Å². The van der Waals surface area contributed by atoms with Crippen LogP contribution in [0.1, 0.15) is 16.2 Å². The number of nitrogens with one attached hydrogen (secondary N) is 2. The Morgan fingerprint density at radius 1 is 1.22 bits per heavy atom. The largest absolute Gasteiger partial charge is 0.343 e. The lowest BCUT2D eigenvalue weighted by molar-refractivity contribution is 0.102. The summed E-state index contributed by atoms with van der Waals surface area (Å²) < 4.78 is 0. The smallest absolute Gasteiger partial charge is 0.279 e. The summed E-state index contributed by atoms with van der Waals surface area (Å²) in [6.07, 6.45) is 0. The molecule has 118 valence electrons. The fraction of sp³-hybridized carbons (Fsp3) is 0.0714. The van der Waals surface area contributed by atoms with E-state index in [0.717, 1.165) is 5.69 Å². The van der Waals surface area contributed by atoms with Crippen LogP contribution in [-0.4, -0.2) is 15.9 Å². The van der Waals surface area contributed by atoms with Gasteiger partial charge in [-0.25, -0.2) is 9.97 Å². The van der Waals surface area contributed by atoms with Crippen LogP contribution in [0.3, 0.4) is 0 Å². The molecule has 3 rings (SSSR count). The highest BCUT2D eigenvalue weighted by atomic mass is 35.5. The summed E-state index contributed by atoms with van der Waals surface area (Å²) in [6.45, 7) is 1.86. The second-order valence-electron chi connectivity index (χ2n) is 4.50. The maximum absolute atomic E-state index is 12.4. The fourth-order valence-corrected chi connectivity index (χ4v) is 3.65. The summed E-state index contributed by atoms with van der Waals surface area (Å²) in [7, 11) is 0. The van der Waals surface area contributed by atoms with Crippen LogP contribution < -0.4 is 10.6 Å². The number of anilines is 3. The number of para-hydroxylation sites is 1. The van der Waals surface area contributed by atoms with Crippen LogP contribution in [0, 0.1) is 6.92 Å². The maximum Gasteiger partial charge on any atom is 0.279 e. The SMILES string of the molecule is Cc1csc(NC(=O)c2ncsc2Nc2c(Cl)cccc2Cl)n1. The number of nitrogens with zero attached hydrogens (tertiary/aromatic N) is 2. The van der Waals surface area contributed by atoms with Crippen LogP contribution >= 0.6 is 45.9 Å². The lowest BCUT2D eigenvalue weighted by atomic mass is 10.3. The van der Waals surface area contributed by atoms with Crippen molar-refractivity contribution in [1.29, 1.82) is 0 Å². The molecule has 0 saturated heterocycles. The highest BCUT2D eigenvalue weighted by Crippen LogP contribution is 2.35. The molecule has 23 heavy (non-hydrogen) atoms. The Morgan fingerprint density at radius 2 is 1.96 bits per heavy atom. The Hall–Kier alpha value is -1.67. The van der Waals surface area contributed by atoms with Gasteiger partial charge in [-0.3, -0.25) is 10.1 Å². The van der Waals surface area contributed by atoms with E-state index in [1.165, 1.54) is 22.7 Å². The molecular formula is C14H10Cl2N4OS2. The van der Waals surface area contributed by atoms with Crippen molar-refractivity contribution in [1.82, 2.24) is 9.97 Å². The molecule has 1 amide bonds. The summed E-state index contributed by atoms with van der Waals surface area (Å²) in [4.78, 5) is 20.7. The molecule has 0 spiro atoms. The first-order valence-electron chi connectivity index (χ1n) is 6.42. The molecule has 0 unspecified atom stereocenters. The van der Waals surface area contributed by atoms with Gasteiger partial charge in [0.05, 0.1) is 26.9 Å². The Balaban J connectivity index is 1.83. The minimum Gasteiger partial charge on any atom is -0.343 e. The number of aromatic nitrogens is 2. The number of rotatable bonds is 4. The Bertz CT molecular complexity index is 842. The number of thiazole rings is 2. The molecule has 1 aromatic carbocycles. The quantitative estimate of drug-likeness (QED) is 0.647. The Morgan fingerprint density at radius 3 is 2.61 bits per heavy atom. The average molecular weight is 385 g/mol. The molecule has 0 saturated carbocycles. The lowest BCUT2D eigenvalue weighted by Gasteiger charge is -2.09. The number of benzene rings is 1. The normalized spacial score (nSPS) is 10.6. The topological polar surface area (TPSA) is 66.9 Å². The number of carbonyl (C=O) groups excluding carboxylic acids is 1. The zero-order valence-corrected chi connectivity index (χ0v) is 14.9. The first-order valence-corrected chi connectivity index (χ1v) is 8.94. The third-order valence-corrected chi connectivity index (χ3v) is 5.07. The van der Waals surface area contributed by atoms with Gasteiger partial charge in [0.1, 0.15) is 5.00 Å². The van der Waals surface area contributed by atoms with Gasteiger partial charge in [0.25, 0.3) is 5.91 Å². The fourth-order valence-electron chi connectivity index (χ4n) is 1.80. The van der Waals surface area contributed by atoms with Crippen molar-refractivity contribution in [3.05, 3.63) is 50.5 Å². The van der Waals surface area contributed by atoms with Gasteiger partial charge in [0.2, 0.25) is 0 Å². The van der Waals surface area contributed by atoms with Gasteiger partial charge in [-0.2, -0.15) is 0 Å². The zero-order valence-electron chi connectivity index (χ0n) is 11.8. The van der Waals surface area contributed by atoms with Crippen molar-refractivity contribution < 1.29 is 4.79 Å². The minimum absolute atomic E-state index is 0.263. The van der Waals surface area contributed by atoms with E-state index in [4.69, 9.17) is 23.2 Å². The van der Waals surface area contributed by atoms with Gasteiger partial charge < -0.3 is 5.32 Å².